The molecule has 0 saturated carbocycles. The topological polar surface area (TPSA) is 101 Å². The molecule has 21 heavy (non-hydrogen) atoms. The van der Waals surface area contributed by atoms with Gasteiger partial charge in [0.2, 0.25) is 0 Å². The quantitative estimate of drug-likeness (QED) is 0.627. The number of para-hydroxylation sites is 1. The molecular weight excluding hydrogens is 274 g/mol. The minimum atomic E-state index is -0.902. The molecule has 7 nitrogen and oxygen atoms in total. The van der Waals surface area contributed by atoms with Gasteiger partial charge in [-0.2, -0.15) is 4.98 Å². The van der Waals surface area contributed by atoms with E-state index in [1.165, 1.54) is 6.07 Å². The van der Waals surface area contributed by atoms with Gasteiger partial charge in [0.05, 0.1) is 10.5 Å². The second-order valence-electron chi connectivity index (χ2n) is 5.85. The molecule has 0 aliphatic rings. The van der Waals surface area contributed by atoms with Crippen molar-refractivity contribution in [3.63, 3.8) is 0 Å². The largest absolute Gasteiger partial charge is 0.423 e. The van der Waals surface area contributed by atoms with E-state index in [4.69, 9.17) is 4.42 Å². The summed E-state index contributed by atoms with van der Waals surface area (Å²) in [7, 11) is 0. The fourth-order valence-electron chi connectivity index (χ4n) is 2.37. The van der Waals surface area contributed by atoms with Crippen LogP contribution in [0.5, 0.6) is 0 Å². The number of oxazole rings is 1. The van der Waals surface area contributed by atoms with Gasteiger partial charge in [0.25, 0.3) is 11.7 Å². The Bertz CT molecular complexity index is 649. The smallest absolute Gasteiger partial charge is 0.298 e. The summed E-state index contributed by atoms with van der Waals surface area (Å²) < 4.78 is 5.42. The standard InChI is InChI=1S/C14H19N3O4/c1-9(2)7-14(3,18)8-15-13-16-12-10(17(19)20)5-4-6-11(12)21-13/h4-6,9,18H,7-8H2,1-3H3,(H,15,16). The van der Waals surface area contributed by atoms with Crippen LogP contribution < -0.4 is 5.32 Å². The Kier molecular flexibility index (Phi) is 4.13. The molecule has 1 aromatic heterocycles. The highest BCUT2D eigenvalue weighted by atomic mass is 16.6. The molecule has 0 saturated heterocycles. The predicted molar refractivity (Wildman–Crippen MR) is 79.2 cm³/mol. The first-order chi connectivity index (χ1) is 9.78. The molecule has 1 unspecified atom stereocenters. The van der Waals surface area contributed by atoms with Crippen LogP contribution in [0, 0.1) is 16.0 Å². The first-order valence-corrected chi connectivity index (χ1v) is 6.79. The number of benzene rings is 1. The highest BCUT2D eigenvalue weighted by Crippen LogP contribution is 2.27. The predicted octanol–water partition coefficient (Wildman–Crippen LogP) is 2.95. The number of rotatable bonds is 6. The maximum absolute atomic E-state index is 10.9. The minimum Gasteiger partial charge on any atom is -0.423 e. The molecule has 114 valence electrons. The third-order valence-electron chi connectivity index (χ3n) is 3.06. The van der Waals surface area contributed by atoms with E-state index in [1.807, 2.05) is 13.8 Å². The van der Waals surface area contributed by atoms with Crippen molar-refractivity contribution in [1.29, 1.82) is 0 Å². The lowest BCUT2D eigenvalue weighted by Crippen LogP contribution is -2.34. The molecule has 2 rings (SSSR count). The highest BCUT2D eigenvalue weighted by molar-refractivity contribution is 5.83. The summed E-state index contributed by atoms with van der Waals surface area (Å²) in [4.78, 5) is 14.5. The van der Waals surface area contributed by atoms with Crippen LogP contribution in [0.2, 0.25) is 0 Å². The van der Waals surface area contributed by atoms with Crippen LogP contribution in [-0.4, -0.2) is 27.2 Å². The Balaban J connectivity index is 2.17. The molecule has 0 radical (unpaired) electrons. The van der Waals surface area contributed by atoms with Crippen molar-refractivity contribution in [2.45, 2.75) is 32.8 Å². The van der Waals surface area contributed by atoms with Gasteiger partial charge in [-0.25, -0.2) is 0 Å². The summed E-state index contributed by atoms with van der Waals surface area (Å²) in [6.07, 6.45) is 0.625. The zero-order valence-electron chi connectivity index (χ0n) is 12.3. The third kappa shape index (κ3) is 3.69. The van der Waals surface area contributed by atoms with Gasteiger partial charge in [0.1, 0.15) is 0 Å². The number of nitrogens with zero attached hydrogens (tertiary/aromatic N) is 2. The molecule has 0 bridgehead atoms. The molecule has 0 fully saturated rings. The lowest BCUT2D eigenvalue weighted by molar-refractivity contribution is -0.383. The summed E-state index contributed by atoms with van der Waals surface area (Å²) in [5.41, 5.74) is -0.456. The Labute approximate surface area is 122 Å². The maximum Gasteiger partial charge on any atom is 0.298 e. The fourth-order valence-corrected chi connectivity index (χ4v) is 2.37. The SMILES string of the molecule is CC(C)CC(C)(O)CNc1nc2c([N+](=O)[O-])cccc2o1. The number of nitro groups is 1. The van der Waals surface area contributed by atoms with Gasteiger partial charge in [-0.3, -0.25) is 10.1 Å². The fraction of sp³-hybridized carbons (Fsp3) is 0.500. The van der Waals surface area contributed by atoms with Crippen LogP contribution in [0.1, 0.15) is 27.2 Å². The molecule has 1 heterocycles. The number of anilines is 1. The molecule has 2 aromatic rings. The zero-order valence-corrected chi connectivity index (χ0v) is 12.3. The van der Waals surface area contributed by atoms with Crippen molar-refractivity contribution < 1.29 is 14.4 Å². The van der Waals surface area contributed by atoms with Gasteiger partial charge in [-0.05, 0) is 25.3 Å². The summed E-state index contributed by atoms with van der Waals surface area (Å²) in [5, 5.41) is 24.0. The van der Waals surface area contributed by atoms with Crippen LogP contribution in [0.25, 0.3) is 11.1 Å². The third-order valence-corrected chi connectivity index (χ3v) is 3.06. The van der Waals surface area contributed by atoms with E-state index < -0.39 is 10.5 Å². The Morgan fingerprint density at radius 2 is 2.24 bits per heavy atom. The van der Waals surface area contributed by atoms with E-state index in [2.05, 4.69) is 10.3 Å². The second kappa shape index (κ2) is 5.69. The van der Waals surface area contributed by atoms with Crippen molar-refractivity contribution in [2.75, 3.05) is 11.9 Å². The average Bonchev–Trinajstić information content (AvgIpc) is 2.77. The monoisotopic (exact) mass is 293 g/mol. The molecule has 1 aromatic carbocycles. The van der Waals surface area contributed by atoms with E-state index in [9.17, 15) is 15.2 Å². The van der Waals surface area contributed by atoms with Crippen molar-refractivity contribution >= 4 is 22.8 Å². The average molecular weight is 293 g/mol. The molecule has 0 spiro atoms. The molecular formula is C14H19N3O4. The number of fused-ring (bicyclic) bond motifs is 1. The number of aromatic nitrogens is 1. The van der Waals surface area contributed by atoms with Crippen molar-refractivity contribution in [3.05, 3.63) is 28.3 Å². The Hall–Kier alpha value is -2.15. The molecule has 0 aliphatic carbocycles. The normalized spacial score (nSPS) is 14.3. The molecule has 0 aliphatic heterocycles. The molecule has 7 heteroatoms. The van der Waals surface area contributed by atoms with E-state index in [0.29, 0.717) is 17.9 Å². The summed E-state index contributed by atoms with van der Waals surface area (Å²) >= 11 is 0. The van der Waals surface area contributed by atoms with Crippen LogP contribution in [0.15, 0.2) is 22.6 Å². The molecule has 2 N–H and O–H groups in total. The highest BCUT2D eigenvalue weighted by Gasteiger charge is 2.23. The first kappa shape index (κ1) is 15.2. The first-order valence-electron chi connectivity index (χ1n) is 6.79. The van der Waals surface area contributed by atoms with Crippen LogP contribution in [0.4, 0.5) is 11.7 Å². The van der Waals surface area contributed by atoms with E-state index in [0.717, 1.165) is 0 Å². The lowest BCUT2D eigenvalue weighted by Gasteiger charge is -2.25. The van der Waals surface area contributed by atoms with Crippen LogP contribution >= 0.6 is 0 Å². The minimum absolute atomic E-state index is 0.0989. The van der Waals surface area contributed by atoms with Crippen molar-refractivity contribution in [1.82, 2.24) is 4.98 Å². The maximum atomic E-state index is 10.9. The molecule has 1 atom stereocenters. The zero-order chi connectivity index (χ0) is 15.6. The lowest BCUT2D eigenvalue weighted by atomic mass is 9.94. The number of hydrogen-bond donors (Lipinski definition) is 2. The number of hydrogen-bond acceptors (Lipinski definition) is 6. The van der Waals surface area contributed by atoms with Crippen molar-refractivity contribution in [3.8, 4) is 0 Å². The Morgan fingerprint density at radius 3 is 2.86 bits per heavy atom. The van der Waals surface area contributed by atoms with Gasteiger partial charge in [0, 0.05) is 12.6 Å². The summed E-state index contributed by atoms with van der Waals surface area (Å²) in [6, 6.07) is 4.71. The Morgan fingerprint density at radius 1 is 1.52 bits per heavy atom. The second-order valence-corrected chi connectivity index (χ2v) is 5.85. The molecule has 0 amide bonds. The van der Waals surface area contributed by atoms with Crippen LogP contribution in [0.3, 0.4) is 0 Å². The number of nitro benzene ring substituents is 1. The summed E-state index contributed by atoms with van der Waals surface area (Å²) in [5.74, 6) is 0.353. The van der Waals surface area contributed by atoms with Gasteiger partial charge >= 0.3 is 0 Å². The number of non-ortho nitro benzene ring substituents is 1. The van der Waals surface area contributed by atoms with Gasteiger partial charge < -0.3 is 14.8 Å². The van der Waals surface area contributed by atoms with E-state index in [-0.39, 0.29) is 23.8 Å². The van der Waals surface area contributed by atoms with Gasteiger partial charge in [0.15, 0.2) is 11.1 Å². The number of nitrogens with one attached hydrogen (secondary N) is 1. The van der Waals surface area contributed by atoms with Crippen LogP contribution in [-0.2, 0) is 0 Å². The van der Waals surface area contributed by atoms with E-state index >= 15 is 0 Å². The van der Waals surface area contributed by atoms with E-state index in [1.54, 1.807) is 19.1 Å². The summed E-state index contributed by atoms with van der Waals surface area (Å²) in [6.45, 7) is 6.03. The van der Waals surface area contributed by atoms with Gasteiger partial charge in [-0.15, -0.1) is 0 Å². The number of aliphatic hydroxyl groups is 1. The van der Waals surface area contributed by atoms with Crippen molar-refractivity contribution in [2.24, 2.45) is 5.92 Å². The van der Waals surface area contributed by atoms with Gasteiger partial charge in [-0.1, -0.05) is 19.9 Å².